The fourth-order valence-corrected chi connectivity index (χ4v) is 2.18. The Labute approximate surface area is 137 Å². The van der Waals surface area contributed by atoms with Gasteiger partial charge in [-0.25, -0.2) is 0 Å². The van der Waals surface area contributed by atoms with Crippen molar-refractivity contribution >= 4 is 17.7 Å². The molecule has 3 amide bonds. The van der Waals surface area contributed by atoms with Crippen LogP contribution in [0.5, 0.6) is 0 Å². The van der Waals surface area contributed by atoms with Crippen LogP contribution in [0.4, 0.5) is 0 Å². The van der Waals surface area contributed by atoms with E-state index in [1.165, 1.54) is 6.92 Å². The molecule has 0 bridgehead atoms. The molecular formula is C17H25N3O3. The van der Waals surface area contributed by atoms with Crippen LogP contribution in [0, 0.1) is 6.92 Å². The molecule has 0 aromatic heterocycles. The van der Waals surface area contributed by atoms with Gasteiger partial charge in [0.1, 0.15) is 6.04 Å². The van der Waals surface area contributed by atoms with Gasteiger partial charge in [-0.15, -0.1) is 0 Å². The summed E-state index contributed by atoms with van der Waals surface area (Å²) in [6.07, 6.45) is 0.0758. The van der Waals surface area contributed by atoms with Crippen LogP contribution in [0.3, 0.4) is 0 Å². The number of amides is 3. The molecule has 0 spiro atoms. The van der Waals surface area contributed by atoms with Gasteiger partial charge in [0.2, 0.25) is 17.7 Å². The lowest BCUT2D eigenvalue weighted by molar-refractivity contribution is -0.129. The standard InChI is InChI=1S/C17H25N3O3/c1-5-18-17(23)12(3)19-16(22)10-15(20-13(4)21)14-8-6-11(2)7-9-14/h6-9,12,15H,5,10H2,1-4H3,(H,18,23)(H,19,22)(H,20,21)/t12-,15-/m1/s1. The van der Waals surface area contributed by atoms with E-state index in [0.717, 1.165) is 11.1 Å². The number of hydrogen-bond donors (Lipinski definition) is 3. The van der Waals surface area contributed by atoms with Crippen molar-refractivity contribution in [2.75, 3.05) is 6.54 Å². The number of nitrogens with one attached hydrogen (secondary N) is 3. The van der Waals surface area contributed by atoms with E-state index in [2.05, 4.69) is 16.0 Å². The smallest absolute Gasteiger partial charge is 0.242 e. The largest absolute Gasteiger partial charge is 0.355 e. The van der Waals surface area contributed by atoms with Crippen LogP contribution in [0.25, 0.3) is 0 Å². The lowest BCUT2D eigenvalue weighted by Gasteiger charge is -2.20. The second-order valence-corrected chi connectivity index (χ2v) is 5.55. The number of rotatable bonds is 7. The van der Waals surface area contributed by atoms with Crippen LogP contribution in [0.15, 0.2) is 24.3 Å². The molecule has 0 saturated carbocycles. The van der Waals surface area contributed by atoms with Gasteiger partial charge in [-0.05, 0) is 26.3 Å². The monoisotopic (exact) mass is 319 g/mol. The maximum Gasteiger partial charge on any atom is 0.242 e. The second-order valence-electron chi connectivity index (χ2n) is 5.55. The van der Waals surface area contributed by atoms with Gasteiger partial charge in [0.25, 0.3) is 0 Å². The molecule has 1 aromatic carbocycles. The average molecular weight is 319 g/mol. The Morgan fingerprint density at radius 3 is 2.22 bits per heavy atom. The van der Waals surface area contributed by atoms with Gasteiger partial charge in [-0.2, -0.15) is 0 Å². The van der Waals surface area contributed by atoms with Gasteiger partial charge >= 0.3 is 0 Å². The highest BCUT2D eigenvalue weighted by molar-refractivity contribution is 5.87. The molecule has 6 nitrogen and oxygen atoms in total. The summed E-state index contributed by atoms with van der Waals surface area (Å²) in [5.41, 5.74) is 1.95. The summed E-state index contributed by atoms with van der Waals surface area (Å²) in [6.45, 7) is 7.34. The van der Waals surface area contributed by atoms with E-state index < -0.39 is 12.1 Å². The van der Waals surface area contributed by atoms with Gasteiger partial charge in [0, 0.05) is 13.5 Å². The molecule has 6 heteroatoms. The minimum Gasteiger partial charge on any atom is -0.355 e. The van der Waals surface area contributed by atoms with Crippen molar-refractivity contribution in [3.05, 3.63) is 35.4 Å². The van der Waals surface area contributed by atoms with E-state index in [0.29, 0.717) is 6.54 Å². The topological polar surface area (TPSA) is 87.3 Å². The molecule has 0 aliphatic rings. The molecule has 0 saturated heterocycles. The van der Waals surface area contributed by atoms with Crippen molar-refractivity contribution in [2.45, 2.75) is 46.2 Å². The minimum atomic E-state index is -0.613. The van der Waals surface area contributed by atoms with Gasteiger partial charge in [-0.1, -0.05) is 29.8 Å². The number of carbonyl (C=O) groups is 3. The maximum absolute atomic E-state index is 12.2. The van der Waals surface area contributed by atoms with E-state index >= 15 is 0 Å². The Morgan fingerprint density at radius 2 is 1.70 bits per heavy atom. The van der Waals surface area contributed by atoms with Crippen LogP contribution < -0.4 is 16.0 Å². The quantitative estimate of drug-likeness (QED) is 0.706. The summed E-state index contributed by atoms with van der Waals surface area (Å²) in [5.74, 6) is -0.726. The zero-order valence-corrected chi connectivity index (χ0v) is 14.1. The maximum atomic E-state index is 12.2. The van der Waals surface area contributed by atoms with Gasteiger partial charge in [0.15, 0.2) is 0 Å². The third-order valence-corrected chi connectivity index (χ3v) is 3.37. The highest BCUT2D eigenvalue weighted by Gasteiger charge is 2.20. The highest BCUT2D eigenvalue weighted by Crippen LogP contribution is 2.17. The molecule has 3 N–H and O–H groups in total. The molecule has 0 aliphatic carbocycles. The van der Waals surface area contributed by atoms with Crippen molar-refractivity contribution in [1.82, 2.24) is 16.0 Å². The van der Waals surface area contributed by atoms with Crippen LogP contribution in [-0.2, 0) is 14.4 Å². The molecule has 0 radical (unpaired) electrons. The first-order chi connectivity index (χ1) is 10.8. The lowest BCUT2D eigenvalue weighted by Crippen LogP contribution is -2.45. The van der Waals surface area contributed by atoms with Crippen molar-refractivity contribution in [3.63, 3.8) is 0 Å². The molecule has 0 unspecified atom stereocenters. The summed E-state index contributed by atoms with van der Waals surface area (Å²) in [5, 5.41) is 8.07. The van der Waals surface area contributed by atoms with Crippen molar-refractivity contribution in [2.24, 2.45) is 0 Å². The number of likely N-dealkylation sites (N-methyl/N-ethyl adjacent to an activating group) is 1. The normalized spacial score (nSPS) is 12.9. The highest BCUT2D eigenvalue weighted by atomic mass is 16.2. The van der Waals surface area contributed by atoms with Crippen LogP contribution in [-0.4, -0.2) is 30.3 Å². The minimum absolute atomic E-state index is 0.0758. The van der Waals surface area contributed by atoms with E-state index in [4.69, 9.17) is 0 Å². The fourth-order valence-electron chi connectivity index (χ4n) is 2.18. The van der Waals surface area contributed by atoms with Crippen molar-refractivity contribution in [1.29, 1.82) is 0 Å². The zero-order valence-electron chi connectivity index (χ0n) is 14.1. The predicted octanol–water partition coefficient (Wildman–Crippen LogP) is 1.20. The fraction of sp³-hybridized carbons (Fsp3) is 0.471. The molecule has 0 fully saturated rings. The first-order valence-electron chi connectivity index (χ1n) is 7.74. The molecule has 0 aliphatic heterocycles. The Morgan fingerprint density at radius 1 is 1.09 bits per heavy atom. The summed E-state index contributed by atoms with van der Waals surface area (Å²) in [4.78, 5) is 35.2. The van der Waals surface area contributed by atoms with Crippen LogP contribution in [0.2, 0.25) is 0 Å². The van der Waals surface area contributed by atoms with E-state index in [1.807, 2.05) is 38.1 Å². The summed E-state index contributed by atoms with van der Waals surface area (Å²) >= 11 is 0. The molecule has 1 aromatic rings. The molecule has 23 heavy (non-hydrogen) atoms. The van der Waals surface area contributed by atoms with E-state index in [-0.39, 0.29) is 24.1 Å². The third kappa shape index (κ3) is 6.50. The zero-order chi connectivity index (χ0) is 17.4. The Bertz CT molecular complexity index is 555. The van der Waals surface area contributed by atoms with Crippen molar-refractivity contribution < 1.29 is 14.4 Å². The Hall–Kier alpha value is -2.37. The van der Waals surface area contributed by atoms with Gasteiger partial charge in [0.05, 0.1) is 12.5 Å². The summed E-state index contributed by atoms with van der Waals surface area (Å²) in [7, 11) is 0. The van der Waals surface area contributed by atoms with E-state index in [1.54, 1.807) is 6.92 Å². The van der Waals surface area contributed by atoms with Gasteiger partial charge in [-0.3, -0.25) is 14.4 Å². The van der Waals surface area contributed by atoms with Gasteiger partial charge < -0.3 is 16.0 Å². The molecule has 1 rings (SSSR count). The predicted molar refractivity (Wildman–Crippen MR) is 88.6 cm³/mol. The number of hydrogen-bond acceptors (Lipinski definition) is 3. The first kappa shape index (κ1) is 18.7. The molecule has 2 atom stereocenters. The van der Waals surface area contributed by atoms with Crippen molar-refractivity contribution in [3.8, 4) is 0 Å². The molecule has 126 valence electrons. The lowest BCUT2D eigenvalue weighted by atomic mass is 10.0. The molecule has 0 heterocycles. The second kappa shape index (κ2) is 8.92. The van der Waals surface area contributed by atoms with Crippen LogP contribution >= 0.6 is 0 Å². The number of carbonyl (C=O) groups excluding carboxylic acids is 3. The molecular weight excluding hydrogens is 294 g/mol. The number of benzene rings is 1. The SMILES string of the molecule is CCNC(=O)[C@@H](C)NC(=O)C[C@@H](NC(C)=O)c1ccc(C)cc1. The Balaban J connectivity index is 2.73. The third-order valence-electron chi connectivity index (χ3n) is 3.37. The van der Waals surface area contributed by atoms with E-state index in [9.17, 15) is 14.4 Å². The summed E-state index contributed by atoms with van der Waals surface area (Å²) in [6, 6.07) is 6.60. The Kier molecular flexibility index (Phi) is 7.25. The average Bonchev–Trinajstić information content (AvgIpc) is 2.47. The van der Waals surface area contributed by atoms with Crippen LogP contribution in [0.1, 0.15) is 44.4 Å². The summed E-state index contributed by atoms with van der Waals surface area (Å²) < 4.78 is 0. The number of aryl methyl sites for hydroxylation is 1. The first-order valence-corrected chi connectivity index (χ1v) is 7.74.